The lowest BCUT2D eigenvalue weighted by Crippen LogP contribution is -2.16. The van der Waals surface area contributed by atoms with Crippen LogP contribution in [0.5, 0.6) is 0 Å². The number of pyridine rings is 1. The van der Waals surface area contributed by atoms with E-state index >= 15 is 0 Å². The predicted molar refractivity (Wildman–Crippen MR) is 86.2 cm³/mol. The van der Waals surface area contributed by atoms with E-state index < -0.39 is 4.92 Å². The summed E-state index contributed by atoms with van der Waals surface area (Å²) in [5.41, 5.74) is 1.75. The van der Waals surface area contributed by atoms with Crippen LogP contribution in [0.25, 0.3) is 0 Å². The number of hydrogen-bond acceptors (Lipinski definition) is 5. The number of rotatable bonds is 5. The Hall–Kier alpha value is -2.41. The van der Waals surface area contributed by atoms with E-state index in [9.17, 15) is 14.9 Å². The first-order valence-corrected chi connectivity index (χ1v) is 7.56. The number of nitrogens with one attached hydrogen (secondary N) is 1. The van der Waals surface area contributed by atoms with Gasteiger partial charge in [-0.05, 0) is 37.1 Å². The van der Waals surface area contributed by atoms with E-state index in [2.05, 4.69) is 10.3 Å². The third-order valence-corrected chi connectivity index (χ3v) is 4.11. The molecule has 0 radical (unpaired) electrons. The third-order valence-electron chi connectivity index (χ3n) is 3.16. The standard InChI is InChI=1S/C15H15N3O3S/c1-10-6-7-12(18(20)21)15(11(10)2)17-13(19)9-22-14-5-3-4-8-16-14/h3-8H,9H2,1-2H3,(H,17,19). The molecule has 0 fully saturated rings. The minimum atomic E-state index is -0.492. The largest absolute Gasteiger partial charge is 0.319 e. The van der Waals surface area contributed by atoms with Gasteiger partial charge in [-0.1, -0.05) is 23.9 Å². The third kappa shape index (κ3) is 3.82. The summed E-state index contributed by atoms with van der Waals surface area (Å²) in [6.45, 7) is 3.60. The van der Waals surface area contributed by atoms with E-state index in [1.807, 2.05) is 13.0 Å². The van der Waals surface area contributed by atoms with Crippen LogP contribution in [0.4, 0.5) is 11.4 Å². The first kappa shape index (κ1) is 16.0. The molecule has 0 aliphatic heterocycles. The van der Waals surface area contributed by atoms with Gasteiger partial charge in [-0.15, -0.1) is 0 Å². The van der Waals surface area contributed by atoms with Gasteiger partial charge in [0.15, 0.2) is 0 Å². The molecule has 22 heavy (non-hydrogen) atoms. The number of carbonyl (C=O) groups excluding carboxylic acids is 1. The zero-order valence-corrected chi connectivity index (χ0v) is 13.0. The number of amides is 1. The first-order chi connectivity index (χ1) is 10.5. The van der Waals surface area contributed by atoms with E-state index in [0.717, 1.165) is 10.6 Å². The summed E-state index contributed by atoms with van der Waals surface area (Å²) in [5.74, 6) is -0.158. The minimum Gasteiger partial charge on any atom is -0.319 e. The van der Waals surface area contributed by atoms with Crippen LogP contribution in [-0.2, 0) is 4.79 Å². The minimum absolute atomic E-state index is 0.0979. The number of aryl methyl sites for hydroxylation is 1. The summed E-state index contributed by atoms with van der Waals surface area (Å²) in [6.07, 6.45) is 1.65. The van der Waals surface area contributed by atoms with Gasteiger partial charge in [0.25, 0.3) is 5.69 Å². The molecule has 7 heteroatoms. The van der Waals surface area contributed by atoms with Crippen LogP contribution in [0.2, 0.25) is 0 Å². The number of anilines is 1. The van der Waals surface area contributed by atoms with Crippen molar-refractivity contribution in [2.75, 3.05) is 11.1 Å². The highest BCUT2D eigenvalue weighted by Gasteiger charge is 2.19. The second kappa shape index (κ2) is 7.04. The Balaban J connectivity index is 2.11. The molecule has 1 N–H and O–H groups in total. The van der Waals surface area contributed by atoms with E-state index in [4.69, 9.17) is 0 Å². The Morgan fingerprint density at radius 2 is 2.09 bits per heavy atom. The lowest BCUT2D eigenvalue weighted by molar-refractivity contribution is -0.384. The Bertz CT molecular complexity index is 705. The van der Waals surface area contributed by atoms with Crippen LogP contribution in [0.1, 0.15) is 11.1 Å². The Kier molecular flexibility index (Phi) is 5.11. The normalized spacial score (nSPS) is 10.3. The monoisotopic (exact) mass is 317 g/mol. The van der Waals surface area contributed by atoms with Crippen molar-refractivity contribution < 1.29 is 9.72 Å². The summed E-state index contributed by atoms with van der Waals surface area (Å²) in [5, 5.41) is 14.5. The van der Waals surface area contributed by atoms with Crippen molar-refractivity contribution in [1.82, 2.24) is 4.98 Å². The zero-order chi connectivity index (χ0) is 16.1. The molecule has 2 rings (SSSR count). The number of thioether (sulfide) groups is 1. The maximum Gasteiger partial charge on any atom is 0.293 e. The van der Waals surface area contributed by atoms with Crippen molar-refractivity contribution in [1.29, 1.82) is 0 Å². The van der Waals surface area contributed by atoms with Crippen molar-refractivity contribution in [3.63, 3.8) is 0 Å². The Morgan fingerprint density at radius 1 is 1.32 bits per heavy atom. The lowest BCUT2D eigenvalue weighted by atomic mass is 10.1. The topological polar surface area (TPSA) is 85.1 Å². The highest BCUT2D eigenvalue weighted by molar-refractivity contribution is 7.99. The fourth-order valence-corrected chi connectivity index (χ4v) is 2.52. The molecule has 0 aliphatic carbocycles. The zero-order valence-electron chi connectivity index (χ0n) is 12.2. The molecule has 1 aromatic heterocycles. The molecule has 0 atom stereocenters. The second-order valence-electron chi connectivity index (χ2n) is 4.66. The molecule has 114 valence electrons. The van der Waals surface area contributed by atoms with Gasteiger partial charge in [0.1, 0.15) is 5.69 Å². The van der Waals surface area contributed by atoms with Crippen LogP contribution in [-0.4, -0.2) is 21.6 Å². The molecule has 0 spiro atoms. The number of benzene rings is 1. The van der Waals surface area contributed by atoms with Crippen molar-refractivity contribution in [3.8, 4) is 0 Å². The molecule has 0 saturated carbocycles. The molecule has 2 aromatic rings. The molecule has 1 amide bonds. The van der Waals surface area contributed by atoms with Crippen molar-refractivity contribution >= 4 is 29.0 Å². The molecule has 1 heterocycles. The summed E-state index contributed by atoms with van der Waals surface area (Å²) < 4.78 is 0. The van der Waals surface area contributed by atoms with E-state index in [1.165, 1.54) is 17.8 Å². The lowest BCUT2D eigenvalue weighted by Gasteiger charge is -2.10. The molecule has 0 aliphatic rings. The number of aromatic nitrogens is 1. The molecular formula is C15H15N3O3S. The van der Waals surface area contributed by atoms with Gasteiger partial charge < -0.3 is 5.32 Å². The molecule has 6 nitrogen and oxygen atoms in total. The van der Waals surface area contributed by atoms with Crippen LogP contribution in [0.15, 0.2) is 41.6 Å². The Labute approximate surface area is 132 Å². The predicted octanol–water partition coefficient (Wildman–Crippen LogP) is 3.34. The van der Waals surface area contributed by atoms with Gasteiger partial charge in [-0.25, -0.2) is 4.98 Å². The van der Waals surface area contributed by atoms with Crippen LogP contribution in [0.3, 0.4) is 0 Å². The highest BCUT2D eigenvalue weighted by Crippen LogP contribution is 2.30. The van der Waals surface area contributed by atoms with Crippen LogP contribution >= 0.6 is 11.8 Å². The SMILES string of the molecule is Cc1ccc([N+](=O)[O-])c(NC(=O)CSc2ccccn2)c1C. The quantitative estimate of drug-likeness (QED) is 0.519. The maximum atomic E-state index is 12.0. The average molecular weight is 317 g/mol. The van der Waals surface area contributed by atoms with Crippen molar-refractivity contribution in [3.05, 3.63) is 57.8 Å². The first-order valence-electron chi connectivity index (χ1n) is 6.57. The van der Waals surface area contributed by atoms with E-state index in [-0.39, 0.29) is 23.0 Å². The molecule has 0 unspecified atom stereocenters. The van der Waals surface area contributed by atoms with Crippen molar-refractivity contribution in [2.45, 2.75) is 18.9 Å². The summed E-state index contributed by atoms with van der Waals surface area (Å²) in [4.78, 5) is 26.7. The summed E-state index contributed by atoms with van der Waals surface area (Å²) in [6, 6.07) is 8.51. The Morgan fingerprint density at radius 3 is 2.73 bits per heavy atom. The van der Waals surface area contributed by atoms with Gasteiger partial charge in [-0.2, -0.15) is 0 Å². The smallest absolute Gasteiger partial charge is 0.293 e. The van der Waals surface area contributed by atoms with Crippen LogP contribution < -0.4 is 5.32 Å². The van der Waals surface area contributed by atoms with Crippen LogP contribution in [0, 0.1) is 24.0 Å². The summed E-state index contributed by atoms with van der Waals surface area (Å²) >= 11 is 1.28. The van der Waals surface area contributed by atoms with Gasteiger partial charge >= 0.3 is 0 Å². The van der Waals surface area contributed by atoms with Crippen molar-refractivity contribution in [2.24, 2.45) is 0 Å². The second-order valence-corrected chi connectivity index (χ2v) is 5.66. The molecule has 0 bridgehead atoms. The van der Waals surface area contributed by atoms with E-state index in [0.29, 0.717) is 5.56 Å². The fourth-order valence-electron chi connectivity index (χ4n) is 1.86. The highest BCUT2D eigenvalue weighted by atomic mass is 32.2. The number of nitro groups is 1. The average Bonchev–Trinajstić information content (AvgIpc) is 2.50. The van der Waals surface area contributed by atoms with E-state index in [1.54, 1.807) is 31.3 Å². The summed E-state index contributed by atoms with van der Waals surface area (Å²) in [7, 11) is 0. The molecule has 1 aromatic carbocycles. The van der Waals surface area contributed by atoms with Gasteiger partial charge in [0.2, 0.25) is 5.91 Å². The number of carbonyl (C=O) groups is 1. The van der Waals surface area contributed by atoms with Gasteiger partial charge in [0.05, 0.1) is 15.7 Å². The van der Waals surface area contributed by atoms with Gasteiger partial charge in [0, 0.05) is 12.3 Å². The number of nitro benzene ring substituents is 1. The fraction of sp³-hybridized carbons (Fsp3) is 0.200. The number of hydrogen-bond donors (Lipinski definition) is 1. The van der Waals surface area contributed by atoms with Gasteiger partial charge in [-0.3, -0.25) is 14.9 Å². The molecule has 0 saturated heterocycles. The maximum absolute atomic E-state index is 12.0. The molecular weight excluding hydrogens is 302 g/mol. The number of nitrogens with zero attached hydrogens (tertiary/aromatic N) is 2.